The minimum atomic E-state index is -0.619. The lowest BCUT2D eigenvalue weighted by Crippen LogP contribution is -2.20. The summed E-state index contributed by atoms with van der Waals surface area (Å²) in [5, 5.41) is 3.86. The van der Waals surface area contributed by atoms with Gasteiger partial charge in [-0.2, -0.15) is 9.37 Å². The smallest absolute Gasteiger partial charge is 0.300 e. The largest absolute Gasteiger partial charge is 0.457 e. The molecule has 2 aromatic carbocycles. The summed E-state index contributed by atoms with van der Waals surface area (Å²) < 4.78 is 22.6. The van der Waals surface area contributed by atoms with Gasteiger partial charge in [0.1, 0.15) is 11.5 Å². The van der Waals surface area contributed by atoms with Crippen molar-refractivity contribution in [1.82, 2.24) is 24.1 Å². The molecule has 0 radical (unpaired) electrons. The molecule has 35 heavy (non-hydrogen) atoms. The standard InChI is InChI=1S/C25H20ClFN6O2/c1-2-32-15-29-23-22(32)24(34)31-25(33(23)14-16-3-5-17(26)6-4-16)30-18-7-9-19(10-8-18)35-20-11-12-28-21(27)13-20/h3-13,15H,2,14H2,1H3,(H,30,31,34). The van der Waals surface area contributed by atoms with Crippen LogP contribution in [0.5, 0.6) is 11.5 Å². The Morgan fingerprint density at radius 3 is 2.51 bits per heavy atom. The van der Waals surface area contributed by atoms with Gasteiger partial charge in [0.15, 0.2) is 11.2 Å². The van der Waals surface area contributed by atoms with E-state index in [-0.39, 0.29) is 5.56 Å². The Morgan fingerprint density at radius 2 is 1.80 bits per heavy atom. The maximum atomic E-state index is 13.3. The number of nitrogens with one attached hydrogen (secondary N) is 1. The highest BCUT2D eigenvalue weighted by atomic mass is 35.5. The summed E-state index contributed by atoms with van der Waals surface area (Å²) in [7, 11) is 0. The van der Waals surface area contributed by atoms with Crippen molar-refractivity contribution in [3.63, 3.8) is 0 Å². The minimum Gasteiger partial charge on any atom is -0.457 e. The van der Waals surface area contributed by atoms with E-state index in [0.717, 1.165) is 5.56 Å². The Labute approximate surface area is 204 Å². The third-order valence-corrected chi connectivity index (χ3v) is 5.63. The summed E-state index contributed by atoms with van der Waals surface area (Å²) in [6.07, 6.45) is 2.98. The second kappa shape index (κ2) is 9.55. The zero-order chi connectivity index (χ0) is 24.4. The molecular formula is C25H20ClFN6O2. The molecule has 1 N–H and O–H groups in total. The molecule has 3 aromatic heterocycles. The van der Waals surface area contributed by atoms with Crippen LogP contribution in [0.4, 0.5) is 16.0 Å². The summed E-state index contributed by atoms with van der Waals surface area (Å²) >= 11 is 6.04. The van der Waals surface area contributed by atoms with E-state index in [4.69, 9.17) is 16.3 Å². The van der Waals surface area contributed by atoms with Crippen molar-refractivity contribution in [3.8, 4) is 11.5 Å². The highest BCUT2D eigenvalue weighted by Gasteiger charge is 2.16. The van der Waals surface area contributed by atoms with Crippen LogP contribution in [-0.4, -0.2) is 24.1 Å². The molecule has 0 saturated carbocycles. The van der Waals surface area contributed by atoms with Crippen molar-refractivity contribution in [1.29, 1.82) is 0 Å². The molecule has 0 amide bonds. The molecule has 5 aromatic rings. The van der Waals surface area contributed by atoms with Crippen LogP contribution in [0.15, 0.2) is 78.0 Å². The fourth-order valence-electron chi connectivity index (χ4n) is 3.67. The molecule has 0 aliphatic heterocycles. The molecule has 176 valence electrons. The van der Waals surface area contributed by atoms with E-state index in [0.29, 0.717) is 52.4 Å². The molecule has 0 unspecified atom stereocenters. The Kier molecular flexibility index (Phi) is 6.15. The lowest BCUT2D eigenvalue weighted by Gasteiger charge is -2.16. The number of rotatable bonds is 7. The predicted molar refractivity (Wildman–Crippen MR) is 132 cm³/mol. The van der Waals surface area contributed by atoms with Crippen molar-refractivity contribution in [2.24, 2.45) is 0 Å². The second-order valence-electron chi connectivity index (χ2n) is 7.72. The molecule has 10 heteroatoms. The van der Waals surface area contributed by atoms with E-state index in [2.05, 4.69) is 20.3 Å². The molecule has 0 fully saturated rings. The van der Waals surface area contributed by atoms with Gasteiger partial charge in [0.05, 0.1) is 12.9 Å². The van der Waals surface area contributed by atoms with E-state index >= 15 is 0 Å². The van der Waals surface area contributed by atoms with Crippen LogP contribution in [0.25, 0.3) is 11.2 Å². The average molecular weight is 491 g/mol. The maximum Gasteiger partial charge on any atom is 0.300 e. The molecule has 0 spiro atoms. The number of halogens is 2. The molecule has 3 heterocycles. The monoisotopic (exact) mass is 490 g/mol. The molecule has 0 atom stereocenters. The van der Waals surface area contributed by atoms with Gasteiger partial charge in [-0.15, -0.1) is 0 Å². The van der Waals surface area contributed by atoms with E-state index in [1.807, 2.05) is 35.8 Å². The minimum absolute atomic E-state index is 0.341. The normalized spacial score (nSPS) is 11.1. The summed E-state index contributed by atoms with van der Waals surface area (Å²) in [5.41, 5.74) is 2.27. The van der Waals surface area contributed by atoms with Crippen molar-refractivity contribution in [2.45, 2.75) is 20.0 Å². The number of imidazole rings is 1. The first-order chi connectivity index (χ1) is 17.0. The fraction of sp³-hybridized carbons (Fsp3) is 0.120. The average Bonchev–Trinajstić information content (AvgIpc) is 3.29. The number of ether oxygens (including phenoxy) is 1. The van der Waals surface area contributed by atoms with Crippen molar-refractivity contribution in [3.05, 3.63) is 100 Å². The van der Waals surface area contributed by atoms with E-state index in [9.17, 15) is 9.18 Å². The van der Waals surface area contributed by atoms with Gasteiger partial charge in [0.2, 0.25) is 11.9 Å². The number of hydrogen-bond donors (Lipinski definition) is 1. The number of aromatic nitrogens is 5. The van der Waals surface area contributed by atoms with Crippen LogP contribution in [-0.2, 0) is 13.1 Å². The van der Waals surface area contributed by atoms with Crippen LogP contribution in [0.2, 0.25) is 5.02 Å². The van der Waals surface area contributed by atoms with Gasteiger partial charge < -0.3 is 14.6 Å². The molecule has 0 bridgehead atoms. The third kappa shape index (κ3) is 4.85. The number of benzene rings is 2. The van der Waals surface area contributed by atoms with Gasteiger partial charge in [0, 0.05) is 29.5 Å². The van der Waals surface area contributed by atoms with Gasteiger partial charge in [-0.25, -0.2) is 9.97 Å². The lowest BCUT2D eigenvalue weighted by molar-refractivity contribution is 0.472. The summed E-state index contributed by atoms with van der Waals surface area (Å²) in [6.45, 7) is 2.98. The number of nitrogens with zero attached hydrogens (tertiary/aromatic N) is 5. The highest BCUT2D eigenvalue weighted by Crippen LogP contribution is 2.25. The molecule has 0 aliphatic carbocycles. The Bertz CT molecular complexity index is 1550. The van der Waals surface area contributed by atoms with Gasteiger partial charge in [-0.1, -0.05) is 23.7 Å². The number of fused-ring (bicyclic) bond motifs is 1. The first kappa shape index (κ1) is 22.5. The van der Waals surface area contributed by atoms with Crippen LogP contribution in [0.3, 0.4) is 0 Å². The first-order valence-electron chi connectivity index (χ1n) is 10.9. The van der Waals surface area contributed by atoms with Gasteiger partial charge >= 0.3 is 5.56 Å². The molecule has 0 saturated heterocycles. The van der Waals surface area contributed by atoms with Crippen molar-refractivity contribution in [2.75, 3.05) is 5.32 Å². The van der Waals surface area contributed by atoms with Crippen molar-refractivity contribution < 1.29 is 9.13 Å². The van der Waals surface area contributed by atoms with Gasteiger partial charge in [-0.05, 0) is 55.0 Å². The molecule has 8 nitrogen and oxygen atoms in total. The summed E-state index contributed by atoms with van der Waals surface area (Å²) in [6, 6.07) is 17.3. The predicted octanol–water partition coefficient (Wildman–Crippen LogP) is 5.38. The molecule has 0 aliphatic rings. The Balaban J connectivity index is 1.48. The van der Waals surface area contributed by atoms with Crippen LogP contribution >= 0.6 is 11.6 Å². The van der Waals surface area contributed by atoms with Gasteiger partial charge in [0.25, 0.3) is 0 Å². The first-order valence-corrected chi connectivity index (χ1v) is 11.2. The van der Waals surface area contributed by atoms with Crippen LogP contribution in [0, 0.1) is 5.95 Å². The number of aryl methyl sites for hydroxylation is 1. The second-order valence-corrected chi connectivity index (χ2v) is 8.16. The summed E-state index contributed by atoms with van der Waals surface area (Å²) in [5.74, 6) is 0.591. The number of hydrogen-bond acceptors (Lipinski definition) is 6. The number of anilines is 2. The third-order valence-electron chi connectivity index (χ3n) is 5.38. The van der Waals surface area contributed by atoms with E-state index in [1.165, 1.54) is 12.3 Å². The van der Waals surface area contributed by atoms with E-state index < -0.39 is 5.95 Å². The van der Waals surface area contributed by atoms with Crippen molar-refractivity contribution >= 4 is 34.4 Å². The maximum absolute atomic E-state index is 13.3. The van der Waals surface area contributed by atoms with E-state index in [1.54, 1.807) is 41.2 Å². The summed E-state index contributed by atoms with van der Waals surface area (Å²) in [4.78, 5) is 25.2. The zero-order valence-electron chi connectivity index (χ0n) is 18.7. The van der Waals surface area contributed by atoms with Gasteiger partial charge in [-0.3, -0.25) is 9.36 Å². The Hall–Kier alpha value is -4.24. The highest BCUT2D eigenvalue weighted by molar-refractivity contribution is 6.30. The number of pyridine rings is 1. The fourth-order valence-corrected chi connectivity index (χ4v) is 3.80. The quantitative estimate of drug-likeness (QED) is 0.308. The lowest BCUT2D eigenvalue weighted by atomic mass is 10.2. The molecule has 5 rings (SSSR count). The van der Waals surface area contributed by atoms with Crippen LogP contribution in [0.1, 0.15) is 12.5 Å². The molecular weight excluding hydrogens is 471 g/mol. The SMILES string of the molecule is CCn1cnc2c1c(=O)nc(Nc1ccc(Oc3ccnc(F)c3)cc1)n2Cc1ccc(Cl)cc1. The van der Waals surface area contributed by atoms with Crippen LogP contribution < -0.4 is 15.6 Å². The topological polar surface area (TPSA) is 86.9 Å². The zero-order valence-corrected chi connectivity index (χ0v) is 19.4. The Morgan fingerprint density at radius 1 is 1.03 bits per heavy atom.